The van der Waals surface area contributed by atoms with E-state index in [2.05, 4.69) is 13.8 Å². The molecule has 2 aliphatic rings. The van der Waals surface area contributed by atoms with Crippen molar-refractivity contribution < 1.29 is 19.4 Å². The highest BCUT2D eigenvalue weighted by molar-refractivity contribution is 5.95. The number of phenolic OH excluding ortho intramolecular Hbond substituents is 1. The summed E-state index contributed by atoms with van der Waals surface area (Å²) in [6, 6.07) is 4.65. The number of ether oxygens (including phenoxy) is 1. The van der Waals surface area contributed by atoms with Crippen molar-refractivity contribution in [3.05, 3.63) is 23.8 Å². The summed E-state index contributed by atoms with van der Waals surface area (Å²) in [7, 11) is 1.46. The normalized spacial score (nSPS) is 21.1. The van der Waals surface area contributed by atoms with Crippen molar-refractivity contribution in [1.82, 2.24) is 9.80 Å². The van der Waals surface area contributed by atoms with E-state index >= 15 is 0 Å². The molecule has 0 spiro atoms. The minimum Gasteiger partial charge on any atom is -0.504 e. The van der Waals surface area contributed by atoms with Gasteiger partial charge in [0.25, 0.3) is 5.91 Å². The van der Waals surface area contributed by atoms with Crippen LogP contribution in [-0.2, 0) is 4.79 Å². The molecule has 6 heteroatoms. The quantitative estimate of drug-likeness (QED) is 0.876. The Morgan fingerprint density at radius 2 is 2.08 bits per heavy atom. The van der Waals surface area contributed by atoms with Gasteiger partial charge in [-0.15, -0.1) is 0 Å². The van der Waals surface area contributed by atoms with E-state index in [1.165, 1.54) is 26.0 Å². The van der Waals surface area contributed by atoms with Gasteiger partial charge in [-0.25, -0.2) is 0 Å². The largest absolute Gasteiger partial charge is 0.504 e. The second-order valence-electron chi connectivity index (χ2n) is 7.69. The lowest BCUT2D eigenvalue weighted by Gasteiger charge is -2.34. The number of amides is 2. The van der Waals surface area contributed by atoms with Crippen LogP contribution >= 0.6 is 0 Å². The van der Waals surface area contributed by atoms with Crippen LogP contribution in [0.4, 0.5) is 0 Å². The summed E-state index contributed by atoms with van der Waals surface area (Å²) in [5.74, 6) is 1.21. The number of aromatic hydroxyl groups is 1. The predicted octanol–water partition coefficient (Wildman–Crippen LogP) is 2.51. The summed E-state index contributed by atoms with van der Waals surface area (Å²) >= 11 is 0. The van der Waals surface area contributed by atoms with E-state index < -0.39 is 0 Å². The van der Waals surface area contributed by atoms with Crippen molar-refractivity contribution in [2.75, 3.05) is 26.7 Å². The SMILES string of the molecule is COc1cc(C(=O)N2CCC(=O)N(CC3CC3)C(C(C)C)C2)ccc1O. The highest BCUT2D eigenvalue weighted by atomic mass is 16.5. The van der Waals surface area contributed by atoms with Crippen LogP contribution in [0.15, 0.2) is 18.2 Å². The Labute approximate surface area is 154 Å². The lowest BCUT2D eigenvalue weighted by atomic mass is 10.0. The fourth-order valence-corrected chi connectivity index (χ4v) is 3.54. The molecule has 142 valence electrons. The van der Waals surface area contributed by atoms with Crippen LogP contribution in [0.2, 0.25) is 0 Å². The second-order valence-corrected chi connectivity index (χ2v) is 7.69. The van der Waals surface area contributed by atoms with Crippen LogP contribution in [0.25, 0.3) is 0 Å². The van der Waals surface area contributed by atoms with Crippen molar-refractivity contribution in [2.24, 2.45) is 11.8 Å². The summed E-state index contributed by atoms with van der Waals surface area (Å²) in [5.41, 5.74) is 0.463. The average Bonchev–Trinajstić information content (AvgIpc) is 3.44. The van der Waals surface area contributed by atoms with E-state index in [1.807, 2.05) is 4.90 Å². The summed E-state index contributed by atoms with van der Waals surface area (Å²) in [6.45, 7) is 5.99. The predicted molar refractivity (Wildman–Crippen MR) is 98.2 cm³/mol. The zero-order valence-corrected chi connectivity index (χ0v) is 15.8. The first-order valence-corrected chi connectivity index (χ1v) is 9.36. The van der Waals surface area contributed by atoms with Gasteiger partial charge in [0.15, 0.2) is 11.5 Å². The zero-order chi connectivity index (χ0) is 18.8. The number of phenols is 1. The highest BCUT2D eigenvalue weighted by Crippen LogP contribution is 2.32. The van der Waals surface area contributed by atoms with Crippen LogP contribution < -0.4 is 4.74 Å². The molecule has 1 saturated heterocycles. The van der Waals surface area contributed by atoms with Crippen LogP contribution in [0.5, 0.6) is 11.5 Å². The first kappa shape index (κ1) is 18.5. The highest BCUT2D eigenvalue weighted by Gasteiger charge is 2.36. The lowest BCUT2D eigenvalue weighted by Crippen LogP contribution is -2.48. The van der Waals surface area contributed by atoms with Crippen LogP contribution in [0.3, 0.4) is 0 Å². The standard InChI is InChI=1S/C20H28N2O4/c1-13(2)16-12-21(9-8-19(24)22(16)11-14-4-5-14)20(25)15-6-7-17(23)18(10-15)26-3/h6-7,10,13-14,16,23H,4-5,8-9,11-12H2,1-3H3. The van der Waals surface area contributed by atoms with Gasteiger partial charge in [0.1, 0.15) is 0 Å². The molecule has 1 heterocycles. The van der Waals surface area contributed by atoms with Gasteiger partial charge in [0.05, 0.1) is 13.2 Å². The number of methoxy groups -OCH3 is 1. The monoisotopic (exact) mass is 360 g/mol. The summed E-state index contributed by atoms with van der Waals surface area (Å²) in [6.07, 6.45) is 2.76. The first-order valence-electron chi connectivity index (χ1n) is 9.36. The maximum atomic E-state index is 13.0. The fourth-order valence-electron chi connectivity index (χ4n) is 3.54. The molecule has 1 aliphatic carbocycles. The fraction of sp³-hybridized carbons (Fsp3) is 0.600. The number of nitrogens with zero attached hydrogens (tertiary/aromatic N) is 2. The third-order valence-electron chi connectivity index (χ3n) is 5.36. The Morgan fingerprint density at radius 1 is 1.35 bits per heavy atom. The van der Waals surface area contributed by atoms with Gasteiger partial charge in [0.2, 0.25) is 5.91 Å². The van der Waals surface area contributed by atoms with E-state index in [0.717, 1.165) is 6.54 Å². The summed E-state index contributed by atoms with van der Waals surface area (Å²) < 4.78 is 5.11. The molecule has 3 rings (SSSR count). The first-order chi connectivity index (χ1) is 12.4. The van der Waals surface area contributed by atoms with Crippen molar-refractivity contribution in [1.29, 1.82) is 0 Å². The summed E-state index contributed by atoms with van der Waals surface area (Å²) in [5, 5.41) is 9.74. The molecule has 1 atom stereocenters. The molecule has 0 aromatic heterocycles. The minimum atomic E-state index is -0.130. The molecule has 1 unspecified atom stereocenters. The van der Waals surface area contributed by atoms with E-state index in [9.17, 15) is 14.7 Å². The van der Waals surface area contributed by atoms with Gasteiger partial charge in [-0.2, -0.15) is 0 Å². The molecular formula is C20H28N2O4. The maximum absolute atomic E-state index is 13.0. The Kier molecular flexibility index (Phi) is 5.39. The molecule has 0 bridgehead atoms. The zero-order valence-electron chi connectivity index (χ0n) is 15.8. The maximum Gasteiger partial charge on any atom is 0.254 e. The average molecular weight is 360 g/mol. The second kappa shape index (κ2) is 7.56. The molecule has 1 saturated carbocycles. The van der Waals surface area contributed by atoms with Crippen molar-refractivity contribution in [3.63, 3.8) is 0 Å². The van der Waals surface area contributed by atoms with E-state index in [-0.39, 0.29) is 35.3 Å². The molecule has 2 amide bonds. The Bertz CT molecular complexity index is 684. The van der Waals surface area contributed by atoms with Gasteiger partial charge < -0.3 is 19.6 Å². The molecule has 2 fully saturated rings. The smallest absolute Gasteiger partial charge is 0.254 e. The molecular weight excluding hydrogens is 332 g/mol. The molecule has 0 radical (unpaired) electrons. The van der Waals surface area contributed by atoms with Crippen molar-refractivity contribution >= 4 is 11.8 Å². The third-order valence-corrected chi connectivity index (χ3v) is 5.36. The van der Waals surface area contributed by atoms with Crippen molar-refractivity contribution in [2.45, 2.75) is 39.2 Å². The van der Waals surface area contributed by atoms with Gasteiger partial charge in [-0.3, -0.25) is 9.59 Å². The number of rotatable bonds is 5. The minimum absolute atomic E-state index is 0.00533. The molecule has 6 nitrogen and oxygen atoms in total. The van der Waals surface area contributed by atoms with Gasteiger partial charge in [-0.1, -0.05) is 13.8 Å². The lowest BCUT2D eigenvalue weighted by molar-refractivity contribution is -0.133. The van der Waals surface area contributed by atoms with E-state index in [0.29, 0.717) is 31.0 Å². The number of carbonyl (C=O) groups is 2. The number of carbonyl (C=O) groups excluding carboxylic acids is 2. The number of benzene rings is 1. The molecule has 1 aliphatic heterocycles. The van der Waals surface area contributed by atoms with Crippen LogP contribution in [0, 0.1) is 11.8 Å². The number of hydrogen-bond acceptors (Lipinski definition) is 4. The number of hydrogen-bond donors (Lipinski definition) is 1. The van der Waals surface area contributed by atoms with Crippen molar-refractivity contribution in [3.8, 4) is 11.5 Å². The van der Waals surface area contributed by atoms with Gasteiger partial charge >= 0.3 is 0 Å². The van der Waals surface area contributed by atoms with Crippen LogP contribution in [0.1, 0.15) is 43.5 Å². The van der Waals surface area contributed by atoms with Gasteiger partial charge in [-0.05, 0) is 42.9 Å². The Balaban J connectivity index is 1.81. The summed E-state index contributed by atoms with van der Waals surface area (Å²) in [4.78, 5) is 29.5. The van der Waals surface area contributed by atoms with Crippen LogP contribution in [-0.4, -0.2) is 59.5 Å². The Hall–Kier alpha value is -2.24. The Morgan fingerprint density at radius 3 is 2.69 bits per heavy atom. The van der Waals surface area contributed by atoms with E-state index in [4.69, 9.17) is 4.74 Å². The van der Waals surface area contributed by atoms with Gasteiger partial charge in [0, 0.05) is 31.6 Å². The molecule has 1 aromatic rings. The molecule has 26 heavy (non-hydrogen) atoms. The molecule has 1 aromatic carbocycles. The van der Waals surface area contributed by atoms with E-state index in [1.54, 1.807) is 17.0 Å². The third kappa shape index (κ3) is 3.94. The topological polar surface area (TPSA) is 70.1 Å². The molecule has 1 N–H and O–H groups in total.